The fourth-order valence-corrected chi connectivity index (χ4v) is 4.99. The second kappa shape index (κ2) is 8.60. The molecule has 0 aromatic heterocycles. The average molecular weight is 457 g/mol. The van der Waals surface area contributed by atoms with E-state index in [9.17, 15) is 9.59 Å². The van der Waals surface area contributed by atoms with Gasteiger partial charge in [-0.05, 0) is 65.2 Å². The molecule has 1 fully saturated rings. The maximum atomic E-state index is 12.7. The van der Waals surface area contributed by atoms with E-state index in [0.29, 0.717) is 16.1 Å². The number of rotatable bonds is 6. The molecule has 2 aliphatic rings. The van der Waals surface area contributed by atoms with Crippen LogP contribution < -0.4 is 0 Å². The van der Waals surface area contributed by atoms with E-state index in [1.54, 1.807) is 30.3 Å². The Hall–Kier alpha value is -2.25. The third kappa shape index (κ3) is 4.20. The lowest BCUT2D eigenvalue weighted by Crippen LogP contribution is -2.58. The van der Waals surface area contributed by atoms with Gasteiger partial charge in [-0.25, -0.2) is 0 Å². The van der Waals surface area contributed by atoms with Gasteiger partial charge in [0.2, 0.25) is 0 Å². The van der Waals surface area contributed by atoms with E-state index in [1.807, 2.05) is 23.3 Å². The number of amides is 2. The maximum Gasteiger partial charge on any atom is 0.285 e. The zero-order valence-corrected chi connectivity index (χ0v) is 19.7. The minimum atomic E-state index is -0.607. The Labute approximate surface area is 194 Å². The summed E-state index contributed by atoms with van der Waals surface area (Å²) in [4.78, 5) is 37.8. The van der Waals surface area contributed by atoms with E-state index in [0.717, 1.165) is 29.9 Å². The molecule has 0 radical (unpaired) electrons. The fourth-order valence-electron chi connectivity index (χ4n) is 4.73. The molecule has 2 aromatic rings. The second-order valence-corrected chi connectivity index (χ2v) is 10.0. The van der Waals surface area contributed by atoms with Crippen LogP contribution in [0.3, 0.4) is 0 Å². The minimum absolute atomic E-state index is 0.0438. The van der Waals surface area contributed by atoms with Crippen LogP contribution in [0.5, 0.6) is 0 Å². The molecule has 7 heteroatoms. The van der Waals surface area contributed by atoms with E-state index < -0.39 is 17.9 Å². The third-order valence-corrected chi connectivity index (χ3v) is 6.62. The van der Waals surface area contributed by atoms with Gasteiger partial charge in [-0.15, -0.1) is 5.06 Å². The molecular weight excluding hydrogens is 428 g/mol. The molecule has 0 spiro atoms. The largest absolute Gasteiger partial charge is 0.287 e. The van der Waals surface area contributed by atoms with Gasteiger partial charge in [-0.3, -0.25) is 19.3 Å². The summed E-state index contributed by atoms with van der Waals surface area (Å²) in [6.07, 6.45) is 2.49. The Morgan fingerprint density at radius 2 is 1.44 bits per heavy atom. The van der Waals surface area contributed by atoms with Crippen molar-refractivity contribution in [1.82, 2.24) is 10.1 Å². The molecule has 1 unspecified atom stereocenters. The molecule has 1 atom stereocenters. The van der Waals surface area contributed by atoms with Crippen molar-refractivity contribution < 1.29 is 19.3 Å². The van der Waals surface area contributed by atoms with Crippen LogP contribution in [0.15, 0.2) is 48.5 Å². The number of fused-ring (bicyclic) bond motifs is 1. The topological polar surface area (TPSA) is 59.1 Å². The number of piperidine rings is 1. The molecule has 170 valence electrons. The number of carbonyl (C=O) groups is 2. The molecular formula is C25H29ClN2O4. The number of nitrogens with zero attached hydrogens (tertiary/aromatic N) is 2. The number of imide groups is 1. The number of halogens is 1. The fraction of sp³-hybridized carbons (Fsp3) is 0.440. The molecule has 0 saturated carbocycles. The Bertz CT molecular complexity index is 985. The first kappa shape index (κ1) is 22.9. The van der Waals surface area contributed by atoms with Gasteiger partial charge in [-0.1, -0.05) is 41.9 Å². The van der Waals surface area contributed by atoms with Crippen LogP contribution in [-0.4, -0.2) is 39.6 Å². The summed E-state index contributed by atoms with van der Waals surface area (Å²) >= 11 is 6.50. The van der Waals surface area contributed by atoms with Crippen molar-refractivity contribution in [1.29, 1.82) is 0 Å². The number of hydroxylamine groups is 4. The van der Waals surface area contributed by atoms with Crippen LogP contribution in [0, 0.1) is 0 Å². The summed E-state index contributed by atoms with van der Waals surface area (Å²) < 4.78 is 0. The number of hydrogen-bond donors (Lipinski definition) is 0. The molecule has 2 amide bonds. The molecule has 0 N–H and O–H groups in total. The Balaban J connectivity index is 1.60. The number of carbonyl (C=O) groups excluding carboxylic acids is 2. The van der Waals surface area contributed by atoms with E-state index in [2.05, 4.69) is 27.7 Å². The van der Waals surface area contributed by atoms with Gasteiger partial charge in [0.25, 0.3) is 11.8 Å². The Morgan fingerprint density at radius 1 is 0.906 bits per heavy atom. The molecule has 0 aliphatic carbocycles. The normalized spacial score (nSPS) is 21.0. The van der Waals surface area contributed by atoms with Crippen LogP contribution >= 0.6 is 11.6 Å². The first-order chi connectivity index (χ1) is 15.1. The SMILES string of the molecule is CC1(C)CCCC(C)(C)N1OC(CON1C(=O)c2ccccc2C1=O)c1ccccc1Cl. The van der Waals surface area contributed by atoms with E-state index in [-0.39, 0.29) is 17.7 Å². The first-order valence-electron chi connectivity index (χ1n) is 10.9. The first-order valence-corrected chi connectivity index (χ1v) is 11.3. The summed E-state index contributed by atoms with van der Waals surface area (Å²) in [5.41, 5.74) is 1.02. The van der Waals surface area contributed by atoms with E-state index in [1.165, 1.54) is 0 Å². The van der Waals surface area contributed by atoms with Crippen LogP contribution in [-0.2, 0) is 9.68 Å². The number of hydrogen-bond acceptors (Lipinski definition) is 5. The average Bonchev–Trinajstić information content (AvgIpc) is 2.98. The third-order valence-electron chi connectivity index (χ3n) is 6.27. The molecule has 6 nitrogen and oxygen atoms in total. The summed E-state index contributed by atoms with van der Waals surface area (Å²) in [7, 11) is 0. The van der Waals surface area contributed by atoms with Crippen LogP contribution in [0.25, 0.3) is 0 Å². The quantitative estimate of drug-likeness (QED) is 0.531. The highest BCUT2D eigenvalue weighted by Crippen LogP contribution is 2.41. The summed E-state index contributed by atoms with van der Waals surface area (Å²) in [6.45, 7) is 8.58. The zero-order valence-electron chi connectivity index (χ0n) is 18.9. The molecule has 32 heavy (non-hydrogen) atoms. The maximum absolute atomic E-state index is 12.7. The van der Waals surface area contributed by atoms with Crippen molar-refractivity contribution in [2.24, 2.45) is 0 Å². The smallest absolute Gasteiger partial charge is 0.285 e. The molecule has 2 heterocycles. The highest BCUT2D eigenvalue weighted by molar-refractivity contribution is 6.31. The number of benzene rings is 2. The lowest BCUT2D eigenvalue weighted by Gasteiger charge is -2.52. The van der Waals surface area contributed by atoms with Gasteiger partial charge in [0, 0.05) is 21.7 Å². The van der Waals surface area contributed by atoms with Crippen LogP contribution in [0.4, 0.5) is 0 Å². The van der Waals surface area contributed by atoms with Crippen molar-refractivity contribution in [3.63, 3.8) is 0 Å². The van der Waals surface area contributed by atoms with Crippen molar-refractivity contribution in [2.75, 3.05) is 6.61 Å². The Morgan fingerprint density at radius 3 is 2.00 bits per heavy atom. The van der Waals surface area contributed by atoms with Gasteiger partial charge in [0.15, 0.2) is 0 Å². The highest BCUT2D eigenvalue weighted by Gasteiger charge is 2.44. The van der Waals surface area contributed by atoms with Crippen LogP contribution in [0.2, 0.25) is 5.02 Å². The van der Waals surface area contributed by atoms with Gasteiger partial charge in [0.05, 0.1) is 11.1 Å². The van der Waals surface area contributed by atoms with Crippen molar-refractivity contribution >= 4 is 23.4 Å². The molecule has 2 aliphatic heterocycles. The molecule has 4 rings (SSSR count). The standard InChI is InChI=1S/C25H29ClN2O4/c1-24(2)14-9-15-25(3,4)28(24)32-21(19-12-7-8-13-20(19)26)16-31-27-22(29)17-10-5-6-11-18(17)23(27)30/h5-8,10-13,21H,9,14-16H2,1-4H3. The van der Waals surface area contributed by atoms with Crippen molar-refractivity contribution in [2.45, 2.75) is 64.1 Å². The minimum Gasteiger partial charge on any atom is -0.287 e. The zero-order chi connectivity index (χ0) is 23.1. The van der Waals surface area contributed by atoms with Crippen molar-refractivity contribution in [3.8, 4) is 0 Å². The highest BCUT2D eigenvalue weighted by atomic mass is 35.5. The molecule has 1 saturated heterocycles. The summed E-state index contributed by atoms with van der Waals surface area (Å²) in [6, 6.07) is 14.1. The lowest BCUT2D eigenvalue weighted by molar-refractivity contribution is -0.318. The van der Waals surface area contributed by atoms with Crippen LogP contribution in [0.1, 0.15) is 79.3 Å². The van der Waals surface area contributed by atoms with Gasteiger partial charge in [0.1, 0.15) is 12.7 Å². The lowest BCUT2D eigenvalue weighted by atomic mass is 9.82. The monoisotopic (exact) mass is 456 g/mol. The summed E-state index contributed by atoms with van der Waals surface area (Å²) in [5, 5.41) is 3.39. The van der Waals surface area contributed by atoms with Gasteiger partial charge < -0.3 is 0 Å². The predicted molar refractivity (Wildman–Crippen MR) is 122 cm³/mol. The molecule has 2 aromatic carbocycles. The second-order valence-electron chi connectivity index (χ2n) is 9.63. The van der Waals surface area contributed by atoms with Gasteiger partial charge in [-0.2, -0.15) is 5.06 Å². The predicted octanol–water partition coefficient (Wildman–Crippen LogP) is 5.58. The van der Waals surface area contributed by atoms with Crippen molar-refractivity contribution in [3.05, 3.63) is 70.2 Å². The summed E-state index contributed by atoms with van der Waals surface area (Å²) in [5.74, 6) is -0.940. The molecule has 0 bridgehead atoms. The van der Waals surface area contributed by atoms with E-state index in [4.69, 9.17) is 21.3 Å². The van der Waals surface area contributed by atoms with Gasteiger partial charge >= 0.3 is 0 Å². The van der Waals surface area contributed by atoms with E-state index >= 15 is 0 Å². The Kier molecular flexibility index (Phi) is 6.16.